The lowest BCUT2D eigenvalue weighted by Gasteiger charge is -1.98. The number of carbonyl (C=O) groups is 1. The zero-order valence-electron chi connectivity index (χ0n) is 9.75. The fourth-order valence-electron chi connectivity index (χ4n) is 1.85. The van der Waals surface area contributed by atoms with Crippen LogP contribution in [-0.2, 0) is 0 Å². The van der Waals surface area contributed by atoms with Crippen LogP contribution in [0.2, 0.25) is 0 Å². The zero-order chi connectivity index (χ0) is 12.5. The lowest BCUT2D eigenvalue weighted by atomic mass is 10.3. The van der Waals surface area contributed by atoms with Gasteiger partial charge in [-0.25, -0.2) is 9.50 Å². The van der Waals surface area contributed by atoms with Crippen molar-refractivity contribution in [1.29, 1.82) is 0 Å². The Morgan fingerprint density at radius 1 is 1.33 bits per heavy atom. The molecule has 0 fully saturated rings. The summed E-state index contributed by atoms with van der Waals surface area (Å²) in [6, 6.07) is 9.97. The van der Waals surface area contributed by atoms with Crippen molar-refractivity contribution in [2.75, 3.05) is 0 Å². The summed E-state index contributed by atoms with van der Waals surface area (Å²) in [4.78, 5) is 17.5. The number of carbonyl (C=O) groups excluding carboxylic acids is 1. The van der Waals surface area contributed by atoms with E-state index in [1.54, 1.807) is 16.3 Å². The number of hydrogen-bond donors (Lipinski definition) is 1. The van der Waals surface area contributed by atoms with Crippen LogP contribution < -0.4 is 0 Å². The first-order valence-corrected chi connectivity index (χ1v) is 6.35. The minimum absolute atomic E-state index is 0.633. The van der Waals surface area contributed by atoms with Gasteiger partial charge in [0.05, 0.1) is 5.56 Å². The largest absolute Gasteiger partial charge is 0.298 e. The number of nitrogens with one attached hydrogen (secondary N) is 1. The number of aromatic nitrogens is 3. The number of aldehydes is 1. The molecule has 0 unspecified atom stereocenters. The van der Waals surface area contributed by atoms with Gasteiger partial charge in [0.1, 0.15) is 5.82 Å². The maximum absolute atomic E-state index is 11.2. The third-order valence-electron chi connectivity index (χ3n) is 2.63. The summed E-state index contributed by atoms with van der Waals surface area (Å²) in [5.74, 6) is 0.796. The number of aromatic amines is 1. The van der Waals surface area contributed by atoms with Gasteiger partial charge in [-0.05, 0) is 19.1 Å². The van der Waals surface area contributed by atoms with Crippen molar-refractivity contribution in [3.8, 4) is 0 Å². The van der Waals surface area contributed by atoms with Crippen LogP contribution in [-0.4, -0.2) is 20.9 Å². The maximum atomic E-state index is 11.2. The first-order chi connectivity index (χ1) is 8.78. The Bertz CT molecular complexity index is 700. The van der Waals surface area contributed by atoms with Gasteiger partial charge in [0.2, 0.25) is 0 Å². The number of benzene rings is 1. The van der Waals surface area contributed by atoms with Crippen LogP contribution >= 0.6 is 11.8 Å². The van der Waals surface area contributed by atoms with Gasteiger partial charge in [-0.3, -0.25) is 9.89 Å². The Morgan fingerprint density at radius 2 is 2.11 bits per heavy atom. The Kier molecular flexibility index (Phi) is 2.68. The van der Waals surface area contributed by atoms with Crippen LogP contribution in [0.1, 0.15) is 16.2 Å². The fourth-order valence-corrected chi connectivity index (χ4v) is 2.81. The Hall–Kier alpha value is -2.01. The molecular weight excluding hydrogens is 246 g/mol. The molecule has 0 amide bonds. The summed E-state index contributed by atoms with van der Waals surface area (Å²) >= 11 is 1.56. The molecule has 4 nitrogen and oxygen atoms in total. The van der Waals surface area contributed by atoms with E-state index in [1.165, 1.54) is 0 Å². The van der Waals surface area contributed by atoms with Gasteiger partial charge in [0, 0.05) is 16.0 Å². The van der Waals surface area contributed by atoms with Gasteiger partial charge in [0.15, 0.2) is 11.9 Å². The predicted octanol–water partition coefficient (Wildman–Crippen LogP) is 2.93. The van der Waals surface area contributed by atoms with Crippen LogP contribution in [0.4, 0.5) is 0 Å². The topological polar surface area (TPSA) is 50.2 Å². The van der Waals surface area contributed by atoms with E-state index < -0.39 is 0 Å². The van der Waals surface area contributed by atoms with Gasteiger partial charge in [-0.2, -0.15) is 0 Å². The highest BCUT2D eigenvalue weighted by atomic mass is 32.2. The SMILES string of the molecule is Cc1nc2c(C=O)c(Sc3ccccc3)cn2[nH]1. The first-order valence-electron chi connectivity index (χ1n) is 5.53. The summed E-state index contributed by atoms with van der Waals surface area (Å²) in [7, 11) is 0. The van der Waals surface area contributed by atoms with Crippen LogP contribution in [0, 0.1) is 6.92 Å². The number of fused-ring (bicyclic) bond motifs is 1. The molecule has 0 spiro atoms. The van der Waals surface area contributed by atoms with Crippen molar-refractivity contribution < 1.29 is 4.79 Å². The molecule has 0 aliphatic rings. The summed E-state index contributed by atoms with van der Waals surface area (Å²) in [5, 5.41) is 3.07. The van der Waals surface area contributed by atoms with E-state index in [0.717, 1.165) is 21.9 Å². The molecule has 1 aromatic carbocycles. The minimum Gasteiger partial charge on any atom is -0.298 e. The van der Waals surface area contributed by atoms with E-state index in [1.807, 2.05) is 43.5 Å². The molecule has 3 rings (SSSR count). The molecule has 0 bridgehead atoms. The molecule has 2 heterocycles. The van der Waals surface area contributed by atoms with E-state index in [9.17, 15) is 4.79 Å². The van der Waals surface area contributed by atoms with Gasteiger partial charge in [-0.15, -0.1) is 0 Å². The van der Waals surface area contributed by atoms with Crippen molar-refractivity contribution in [2.24, 2.45) is 0 Å². The van der Waals surface area contributed by atoms with Gasteiger partial charge < -0.3 is 0 Å². The monoisotopic (exact) mass is 257 g/mol. The molecule has 18 heavy (non-hydrogen) atoms. The number of aryl methyl sites for hydroxylation is 1. The van der Waals surface area contributed by atoms with Crippen LogP contribution in [0.3, 0.4) is 0 Å². The molecular formula is C13H11N3OS. The van der Waals surface area contributed by atoms with E-state index in [0.29, 0.717) is 11.2 Å². The van der Waals surface area contributed by atoms with Gasteiger partial charge in [0.25, 0.3) is 0 Å². The van der Waals surface area contributed by atoms with Crippen molar-refractivity contribution in [2.45, 2.75) is 16.7 Å². The van der Waals surface area contributed by atoms with Crippen molar-refractivity contribution in [1.82, 2.24) is 14.6 Å². The second kappa shape index (κ2) is 4.34. The highest BCUT2D eigenvalue weighted by Gasteiger charge is 2.14. The second-order valence-corrected chi connectivity index (χ2v) is 5.06. The lowest BCUT2D eigenvalue weighted by Crippen LogP contribution is -1.81. The van der Waals surface area contributed by atoms with E-state index in [2.05, 4.69) is 10.1 Å². The molecule has 5 heteroatoms. The van der Waals surface area contributed by atoms with Gasteiger partial charge in [-0.1, -0.05) is 30.0 Å². The summed E-state index contributed by atoms with van der Waals surface area (Å²) in [5.41, 5.74) is 1.31. The third-order valence-corrected chi connectivity index (χ3v) is 3.68. The van der Waals surface area contributed by atoms with Crippen molar-refractivity contribution in [3.05, 3.63) is 47.9 Å². The maximum Gasteiger partial charge on any atom is 0.165 e. The highest BCUT2D eigenvalue weighted by molar-refractivity contribution is 7.99. The first kappa shape index (κ1) is 11.1. The Morgan fingerprint density at radius 3 is 2.83 bits per heavy atom. The molecule has 3 aromatic rings. The summed E-state index contributed by atoms with van der Waals surface area (Å²) in [6.45, 7) is 1.87. The molecule has 90 valence electrons. The molecule has 0 saturated heterocycles. The van der Waals surface area contributed by atoms with Crippen molar-refractivity contribution >= 4 is 23.7 Å². The standard InChI is InChI=1S/C13H11N3OS/c1-9-14-13-11(8-17)12(7-16(13)15-9)18-10-5-3-2-4-6-10/h2-8H,1H3,(H,14,15). The number of hydrogen-bond acceptors (Lipinski definition) is 3. The van der Waals surface area contributed by atoms with Crippen molar-refractivity contribution in [3.63, 3.8) is 0 Å². The van der Waals surface area contributed by atoms with Crippen LogP contribution in [0.25, 0.3) is 5.65 Å². The second-order valence-electron chi connectivity index (χ2n) is 3.94. The molecule has 0 aliphatic carbocycles. The number of H-pyrrole nitrogens is 1. The number of nitrogens with zero attached hydrogens (tertiary/aromatic N) is 2. The number of rotatable bonds is 3. The fraction of sp³-hybridized carbons (Fsp3) is 0.0769. The van der Waals surface area contributed by atoms with Crippen LogP contribution in [0.15, 0.2) is 46.3 Å². The normalized spacial score (nSPS) is 10.9. The summed E-state index contributed by atoms with van der Waals surface area (Å²) < 4.78 is 1.78. The lowest BCUT2D eigenvalue weighted by molar-refractivity contribution is 0.112. The van der Waals surface area contributed by atoms with E-state index >= 15 is 0 Å². The van der Waals surface area contributed by atoms with Crippen LogP contribution in [0.5, 0.6) is 0 Å². The molecule has 0 aliphatic heterocycles. The average Bonchev–Trinajstić information content (AvgIpc) is 2.85. The molecule has 1 N–H and O–H groups in total. The Labute approximate surface area is 108 Å². The van der Waals surface area contributed by atoms with E-state index in [-0.39, 0.29) is 0 Å². The molecule has 0 saturated carbocycles. The third kappa shape index (κ3) is 1.82. The molecule has 0 atom stereocenters. The van der Waals surface area contributed by atoms with E-state index in [4.69, 9.17) is 0 Å². The molecule has 2 aromatic heterocycles. The predicted molar refractivity (Wildman–Crippen MR) is 70.2 cm³/mol. The smallest absolute Gasteiger partial charge is 0.165 e. The average molecular weight is 257 g/mol. The zero-order valence-corrected chi connectivity index (χ0v) is 10.6. The van der Waals surface area contributed by atoms with Gasteiger partial charge >= 0.3 is 0 Å². The molecule has 0 radical (unpaired) electrons. The minimum atomic E-state index is 0.633. The highest BCUT2D eigenvalue weighted by Crippen LogP contribution is 2.32. The summed E-state index contributed by atoms with van der Waals surface area (Å²) in [6.07, 6.45) is 2.76. The quantitative estimate of drug-likeness (QED) is 0.734. The Balaban J connectivity index is 2.06.